The van der Waals surface area contributed by atoms with Gasteiger partial charge in [-0.05, 0) is 12.1 Å². The lowest BCUT2D eigenvalue weighted by molar-refractivity contribution is 0.176. The van der Waals surface area contributed by atoms with Crippen LogP contribution >= 0.6 is 0 Å². The van der Waals surface area contributed by atoms with Crippen molar-refractivity contribution in [3.63, 3.8) is 0 Å². The average molecular weight is 244 g/mol. The molecule has 0 aliphatic carbocycles. The second kappa shape index (κ2) is 4.94. The summed E-state index contributed by atoms with van der Waals surface area (Å²) in [6.45, 7) is 7.02. The SMILES string of the molecule is COCc1nc(C(C)(C)C)cn1-c1ccccc1. The summed E-state index contributed by atoms with van der Waals surface area (Å²) in [5.41, 5.74) is 2.24. The van der Waals surface area contributed by atoms with Crippen molar-refractivity contribution in [3.05, 3.63) is 48.0 Å². The largest absolute Gasteiger partial charge is 0.377 e. The molecule has 1 heterocycles. The fourth-order valence-corrected chi connectivity index (χ4v) is 1.82. The smallest absolute Gasteiger partial charge is 0.139 e. The zero-order valence-corrected chi connectivity index (χ0v) is 11.5. The summed E-state index contributed by atoms with van der Waals surface area (Å²) in [5.74, 6) is 0.939. The number of ether oxygens (including phenoxy) is 1. The van der Waals surface area contributed by atoms with Gasteiger partial charge in [-0.15, -0.1) is 0 Å². The predicted octanol–water partition coefficient (Wildman–Crippen LogP) is 3.32. The third-order valence-corrected chi connectivity index (χ3v) is 2.86. The number of aromatic nitrogens is 2. The Balaban J connectivity index is 2.49. The maximum absolute atomic E-state index is 5.23. The molecule has 0 saturated heterocycles. The van der Waals surface area contributed by atoms with Crippen LogP contribution in [0.2, 0.25) is 0 Å². The molecular weight excluding hydrogens is 224 g/mol. The summed E-state index contributed by atoms with van der Waals surface area (Å²) in [7, 11) is 1.70. The molecule has 0 N–H and O–H groups in total. The van der Waals surface area contributed by atoms with Gasteiger partial charge in [-0.1, -0.05) is 39.0 Å². The molecular formula is C15H20N2O. The maximum Gasteiger partial charge on any atom is 0.139 e. The maximum atomic E-state index is 5.23. The molecule has 0 atom stereocenters. The molecule has 3 nitrogen and oxygen atoms in total. The molecule has 0 bridgehead atoms. The molecule has 0 radical (unpaired) electrons. The molecule has 0 fully saturated rings. The van der Waals surface area contributed by atoms with E-state index in [1.54, 1.807) is 7.11 Å². The van der Waals surface area contributed by atoms with Crippen LogP contribution in [0.1, 0.15) is 32.3 Å². The molecule has 0 saturated carbocycles. The summed E-state index contributed by atoms with van der Waals surface area (Å²) in [4.78, 5) is 4.69. The van der Waals surface area contributed by atoms with Gasteiger partial charge in [0, 0.05) is 24.4 Å². The average Bonchev–Trinajstić information content (AvgIpc) is 2.75. The van der Waals surface area contributed by atoms with E-state index in [-0.39, 0.29) is 5.41 Å². The summed E-state index contributed by atoms with van der Waals surface area (Å²) < 4.78 is 7.33. The molecule has 3 heteroatoms. The van der Waals surface area contributed by atoms with E-state index in [4.69, 9.17) is 4.74 Å². The van der Waals surface area contributed by atoms with Gasteiger partial charge in [0.25, 0.3) is 0 Å². The Labute approximate surface area is 108 Å². The first-order valence-electron chi connectivity index (χ1n) is 6.15. The zero-order chi connectivity index (χ0) is 13.2. The summed E-state index contributed by atoms with van der Waals surface area (Å²) in [6.07, 6.45) is 2.10. The fourth-order valence-electron chi connectivity index (χ4n) is 1.82. The van der Waals surface area contributed by atoms with Gasteiger partial charge >= 0.3 is 0 Å². The van der Waals surface area contributed by atoms with Gasteiger partial charge in [-0.3, -0.25) is 0 Å². The van der Waals surface area contributed by atoms with Crippen molar-refractivity contribution in [1.82, 2.24) is 9.55 Å². The Morgan fingerprint density at radius 3 is 2.39 bits per heavy atom. The topological polar surface area (TPSA) is 27.1 Å². The van der Waals surface area contributed by atoms with Crippen molar-refractivity contribution in [2.24, 2.45) is 0 Å². The van der Waals surface area contributed by atoms with Gasteiger partial charge in [-0.25, -0.2) is 4.98 Å². The first-order chi connectivity index (χ1) is 8.52. The first-order valence-corrected chi connectivity index (χ1v) is 6.15. The minimum atomic E-state index is 0.0442. The van der Waals surface area contributed by atoms with Crippen LogP contribution in [0.4, 0.5) is 0 Å². The number of methoxy groups -OCH3 is 1. The van der Waals surface area contributed by atoms with Crippen LogP contribution in [0.5, 0.6) is 0 Å². The normalized spacial score (nSPS) is 11.8. The van der Waals surface area contributed by atoms with Gasteiger partial charge in [0.1, 0.15) is 12.4 Å². The Bertz CT molecular complexity index is 509. The summed E-state index contributed by atoms with van der Waals surface area (Å²) in [5, 5.41) is 0. The minimum absolute atomic E-state index is 0.0442. The van der Waals surface area contributed by atoms with E-state index < -0.39 is 0 Å². The molecule has 1 aromatic carbocycles. The highest BCUT2D eigenvalue weighted by Crippen LogP contribution is 2.23. The molecule has 18 heavy (non-hydrogen) atoms. The molecule has 0 aliphatic rings. The van der Waals surface area contributed by atoms with Gasteiger partial charge < -0.3 is 9.30 Å². The first kappa shape index (κ1) is 12.8. The standard InChI is InChI=1S/C15H20N2O/c1-15(2,3)13-10-17(14(16-13)11-18-4)12-8-6-5-7-9-12/h5-10H,11H2,1-4H3. The van der Waals surface area contributed by atoms with Crippen LogP contribution in [0.15, 0.2) is 36.5 Å². The minimum Gasteiger partial charge on any atom is -0.377 e. The highest BCUT2D eigenvalue weighted by Gasteiger charge is 2.20. The molecule has 2 rings (SSSR count). The van der Waals surface area contributed by atoms with Gasteiger partial charge in [-0.2, -0.15) is 0 Å². The van der Waals surface area contributed by atoms with Crippen molar-refractivity contribution in [3.8, 4) is 5.69 Å². The Morgan fingerprint density at radius 1 is 1.17 bits per heavy atom. The van der Waals surface area contributed by atoms with Crippen molar-refractivity contribution in [2.45, 2.75) is 32.8 Å². The molecule has 1 aromatic heterocycles. The quantitative estimate of drug-likeness (QED) is 0.828. The van der Waals surface area contributed by atoms with Gasteiger partial charge in [0.2, 0.25) is 0 Å². The van der Waals surface area contributed by atoms with Gasteiger partial charge in [0.15, 0.2) is 0 Å². The highest BCUT2D eigenvalue weighted by molar-refractivity contribution is 5.34. The Morgan fingerprint density at radius 2 is 1.83 bits per heavy atom. The van der Waals surface area contributed by atoms with Crippen LogP contribution in [0.25, 0.3) is 5.69 Å². The van der Waals surface area contributed by atoms with E-state index in [2.05, 4.69) is 48.7 Å². The Hall–Kier alpha value is -1.61. The van der Waals surface area contributed by atoms with Crippen molar-refractivity contribution < 1.29 is 4.74 Å². The van der Waals surface area contributed by atoms with Gasteiger partial charge in [0.05, 0.1) is 5.69 Å². The molecule has 0 aliphatic heterocycles. The second-order valence-corrected chi connectivity index (χ2v) is 5.43. The van der Waals surface area contributed by atoms with Crippen molar-refractivity contribution in [1.29, 1.82) is 0 Å². The third kappa shape index (κ3) is 2.62. The van der Waals surface area contributed by atoms with E-state index in [0.717, 1.165) is 17.2 Å². The lowest BCUT2D eigenvalue weighted by Crippen LogP contribution is -2.11. The van der Waals surface area contributed by atoms with E-state index in [9.17, 15) is 0 Å². The fraction of sp³-hybridized carbons (Fsp3) is 0.400. The molecule has 0 unspecified atom stereocenters. The van der Waals surface area contributed by atoms with Crippen LogP contribution in [0, 0.1) is 0 Å². The van der Waals surface area contributed by atoms with Crippen LogP contribution in [0.3, 0.4) is 0 Å². The lowest BCUT2D eigenvalue weighted by Gasteiger charge is -2.14. The van der Waals surface area contributed by atoms with E-state index in [0.29, 0.717) is 6.61 Å². The predicted molar refractivity (Wildman–Crippen MR) is 73.0 cm³/mol. The number of hydrogen-bond donors (Lipinski definition) is 0. The number of hydrogen-bond acceptors (Lipinski definition) is 2. The summed E-state index contributed by atoms with van der Waals surface area (Å²) >= 11 is 0. The zero-order valence-electron chi connectivity index (χ0n) is 11.5. The number of imidazole rings is 1. The Kier molecular flexibility index (Phi) is 3.53. The van der Waals surface area contributed by atoms with Crippen LogP contribution in [-0.4, -0.2) is 16.7 Å². The lowest BCUT2D eigenvalue weighted by atomic mass is 9.93. The van der Waals surface area contributed by atoms with Crippen LogP contribution < -0.4 is 0 Å². The summed E-state index contributed by atoms with van der Waals surface area (Å²) in [6, 6.07) is 10.2. The van der Waals surface area contributed by atoms with E-state index >= 15 is 0 Å². The molecule has 0 spiro atoms. The number of para-hydroxylation sites is 1. The monoisotopic (exact) mass is 244 g/mol. The third-order valence-electron chi connectivity index (χ3n) is 2.86. The highest BCUT2D eigenvalue weighted by atomic mass is 16.5. The number of benzene rings is 1. The molecule has 96 valence electrons. The molecule has 2 aromatic rings. The number of rotatable bonds is 3. The van der Waals surface area contributed by atoms with E-state index in [1.807, 2.05) is 18.2 Å². The molecule has 0 amide bonds. The van der Waals surface area contributed by atoms with Crippen LogP contribution in [-0.2, 0) is 16.8 Å². The van der Waals surface area contributed by atoms with Crippen molar-refractivity contribution in [2.75, 3.05) is 7.11 Å². The van der Waals surface area contributed by atoms with Crippen molar-refractivity contribution >= 4 is 0 Å². The second-order valence-electron chi connectivity index (χ2n) is 5.43. The number of nitrogens with zero attached hydrogens (tertiary/aromatic N) is 2. The van der Waals surface area contributed by atoms with E-state index in [1.165, 1.54) is 0 Å².